The van der Waals surface area contributed by atoms with Crippen molar-refractivity contribution in [2.45, 2.75) is 96.5 Å². The molecule has 0 unspecified atom stereocenters. The van der Waals surface area contributed by atoms with Gasteiger partial charge in [0.15, 0.2) is 0 Å². The van der Waals surface area contributed by atoms with E-state index in [1.54, 1.807) is 0 Å². The normalized spacial score (nSPS) is 24.8. The van der Waals surface area contributed by atoms with E-state index in [9.17, 15) is 19.8 Å². The van der Waals surface area contributed by atoms with Gasteiger partial charge in [-0.25, -0.2) is 0 Å². The largest absolute Gasteiger partial charge is 0.481 e. The number of aliphatic hydroxyl groups excluding tert-OH is 2. The standard InChI is InChI=1S/C23H40O5/c1-2-3-4-5-8-11-19(25)14-15-21-20(18(17-24)16-22(21)26)12-9-6-7-10-13-23(27)28/h6,9,18,20-22,24,26H,2-5,7-8,10-17H2,1H3,(H,27,28)/b9-6-/t18-,20+,21-,22-/m1/s1. The van der Waals surface area contributed by atoms with Gasteiger partial charge in [-0.15, -0.1) is 0 Å². The molecule has 1 aliphatic rings. The predicted molar refractivity (Wildman–Crippen MR) is 111 cm³/mol. The van der Waals surface area contributed by atoms with Crippen LogP contribution < -0.4 is 0 Å². The van der Waals surface area contributed by atoms with Crippen molar-refractivity contribution in [3.63, 3.8) is 0 Å². The predicted octanol–water partition coefficient (Wildman–Crippen LogP) is 4.50. The van der Waals surface area contributed by atoms with Gasteiger partial charge in [0.1, 0.15) is 5.78 Å². The number of unbranched alkanes of at least 4 members (excludes halogenated alkanes) is 5. The van der Waals surface area contributed by atoms with Crippen molar-refractivity contribution in [2.24, 2.45) is 17.8 Å². The molecule has 162 valence electrons. The van der Waals surface area contributed by atoms with Crippen LogP contribution >= 0.6 is 0 Å². The number of rotatable bonds is 16. The van der Waals surface area contributed by atoms with Gasteiger partial charge in [0.2, 0.25) is 0 Å². The van der Waals surface area contributed by atoms with Crippen molar-refractivity contribution in [3.05, 3.63) is 12.2 Å². The van der Waals surface area contributed by atoms with Crippen molar-refractivity contribution in [1.29, 1.82) is 0 Å². The molecular formula is C23H40O5. The molecule has 28 heavy (non-hydrogen) atoms. The molecule has 0 spiro atoms. The van der Waals surface area contributed by atoms with Gasteiger partial charge < -0.3 is 15.3 Å². The van der Waals surface area contributed by atoms with E-state index in [1.165, 1.54) is 19.3 Å². The van der Waals surface area contributed by atoms with E-state index in [2.05, 4.69) is 13.0 Å². The first-order chi connectivity index (χ1) is 13.5. The summed E-state index contributed by atoms with van der Waals surface area (Å²) >= 11 is 0. The van der Waals surface area contributed by atoms with Crippen LogP contribution in [0.1, 0.15) is 90.4 Å². The second kappa shape index (κ2) is 14.7. The molecule has 0 aromatic heterocycles. The van der Waals surface area contributed by atoms with Crippen molar-refractivity contribution in [3.8, 4) is 0 Å². The Morgan fingerprint density at radius 1 is 0.964 bits per heavy atom. The first-order valence-electron chi connectivity index (χ1n) is 11.2. The minimum absolute atomic E-state index is 0.0601. The minimum atomic E-state index is -0.775. The van der Waals surface area contributed by atoms with E-state index < -0.39 is 12.1 Å². The molecule has 1 aliphatic carbocycles. The summed E-state index contributed by atoms with van der Waals surface area (Å²) in [5.41, 5.74) is 0. The summed E-state index contributed by atoms with van der Waals surface area (Å²) in [5.74, 6) is -0.160. The molecule has 0 radical (unpaired) electrons. The number of carbonyl (C=O) groups excluding carboxylic acids is 1. The van der Waals surface area contributed by atoms with E-state index in [1.807, 2.05) is 6.08 Å². The highest BCUT2D eigenvalue weighted by atomic mass is 16.4. The summed E-state index contributed by atoms with van der Waals surface area (Å²) in [6, 6.07) is 0. The Morgan fingerprint density at radius 3 is 2.39 bits per heavy atom. The number of carboxylic acids is 1. The lowest BCUT2D eigenvalue weighted by atomic mass is 9.83. The second-order valence-corrected chi connectivity index (χ2v) is 8.31. The van der Waals surface area contributed by atoms with Crippen molar-refractivity contribution in [1.82, 2.24) is 0 Å². The molecule has 3 N–H and O–H groups in total. The maximum atomic E-state index is 12.2. The summed E-state index contributed by atoms with van der Waals surface area (Å²) in [4.78, 5) is 22.7. The molecule has 4 atom stereocenters. The van der Waals surface area contributed by atoms with Crippen LogP contribution in [0, 0.1) is 17.8 Å². The third kappa shape index (κ3) is 9.83. The maximum absolute atomic E-state index is 12.2. The molecule has 0 amide bonds. The van der Waals surface area contributed by atoms with Crippen molar-refractivity contribution < 1.29 is 24.9 Å². The first kappa shape index (κ1) is 24.8. The third-order valence-corrected chi connectivity index (χ3v) is 6.08. The Balaban J connectivity index is 2.40. The minimum Gasteiger partial charge on any atom is -0.481 e. The van der Waals surface area contributed by atoms with Crippen molar-refractivity contribution >= 4 is 11.8 Å². The lowest BCUT2D eigenvalue weighted by molar-refractivity contribution is -0.137. The molecule has 5 heteroatoms. The van der Waals surface area contributed by atoms with E-state index >= 15 is 0 Å². The van der Waals surface area contributed by atoms with Crippen molar-refractivity contribution in [2.75, 3.05) is 6.61 Å². The summed E-state index contributed by atoms with van der Waals surface area (Å²) in [6.07, 6.45) is 14.1. The van der Waals surface area contributed by atoms with Crippen LogP contribution in [0.25, 0.3) is 0 Å². The summed E-state index contributed by atoms with van der Waals surface area (Å²) in [5, 5.41) is 28.8. The molecule has 1 fully saturated rings. The number of carbonyl (C=O) groups is 2. The highest BCUT2D eigenvalue weighted by molar-refractivity contribution is 5.78. The van der Waals surface area contributed by atoms with Crippen LogP contribution in [0.4, 0.5) is 0 Å². The van der Waals surface area contributed by atoms with Gasteiger partial charge in [-0.1, -0.05) is 44.8 Å². The smallest absolute Gasteiger partial charge is 0.303 e. The molecule has 5 nitrogen and oxygen atoms in total. The van der Waals surface area contributed by atoms with E-state index in [0.29, 0.717) is 37.9 Å². The Bertz CT molecular complexity index is 474. The monoisotopic (exact) mass is 396 g/mol. The summed E-state index contributed by atoms with van der Waals surface area (Å²) in [6.45, 7) is 2.25. The fourth-order valence-corrected chi connectivity index (χ4v) is 4.40. The summed E-state index contributed by atoms with van der Waals surface area (Å²) < 4.78 is 0. The molecule has 1 rings (SSSR count). The second-order valence-electron chi connectivity index (χ2n) is 8.31. The number of aliphatic carboxylic acids is 1. The number of aliphatic hydroxyl groups is 2. The molecule has 0 aliphatic heterocycles. The van der Waals surface area contributed by atoms with Gasteiger partial charge in [0.05, 0.1) is 6.10 Å². The fraction of sp³-hybridized carbons (Fsp3) is 0.826. The number of carboxylic acid groups (broad SMARTS) is 1. The molecule has 0 bridgehead atoms. The average Bonchev–Trinajstić information content (AvgIpc) is 2.97. The maximum Gasteiger partial charge on any atom is 0.303 e. The van der Waals surface area contributed by atoms with Gasteiger partial charge in [0, 0.05) is 25.9 Å². The number of hydrogen-bond donors (Lipinski definition) is 3. The molecule has 0 saturated heterocycles. The lowest BCUT2D eigenvalue weighted by Gasteiger charge is -2.23. The van der Waals surface area contributed by atoms with Gasteiger partial charge in [0.25, 0.3) is 0 Å². The quantitative estimate of drug-likeness (QED) is 0.264. The molecule has 0 aromatic carbocycles. The zero-order chi connectivity index (χ0) is 20.8. The average molecular weight is 397 g/mol. The zero-order valence-corrected chi connectivity index (χ0v) is 17.5. The van der Waals surface area contributed by atoms with Gasteiger partial charge in [-0.2, -0.15) is 0 Å². The third-order valence-electron chi connectivity index (χ3n) is 6.08. The summed E-state index contributed by atoms with van der Waals surface area (Å²) in [7, 11) is 0. The SMILES string of the molecule is CCCCCCCC(=O)CC[C@@H]1[C@@H](C/C=C\CCCC(=O)O)[C@@H](CO)C[C@H]1O. The Kier molecular flexibility index (Phi) is 13.1. The van der Waals surface area contributed by atoms with E-state index in [-0.39, 0.29) is 30.8 Å². The van der Waals surface area contributed by atoms with Crippen LogP contribution in [-0.2, 0) is 9.59 Å². The fourth-order valence-electron chi connectivity index (χ4n) is 4.40. The number of ketones is 1. The highest BCUT2D eigenvalue weighted by Crippen LogP contribution is 2.42. The van der Waals surface area contributed by atoms with Crippen LogP contribution in [0.2, 0.25) is 0 Å². The number of allylic oxidation sites excluding steroid dienone is 2. The first-order valence-corrected chi connectivity index (χ1v) is 11.2. The van der Waals surface area contributed by atoms with Crippen LogP contribution in [0.15, 0.2) is 12.2 Å². The lowest BCUT2D eigenvalue weighted by Crippen LogP contribution is -2.22. The van der Waals surface area contributed by atoms with Gasteiger partial charge in [-0.3, -0.25) is 9.59 Å². The number of hydrogen-bond acceptors (Lipinski definition) is 4. The Hall–Kier alpha value is -1.20. The number of Topliss-reactive ketones (excluding diaryl/α,β-unsaturated/α-hetero) is 1. The topological polar surface area (TPSA) is 94.8 Å². The van der Waals surface area contributed by atoms with Gasteiger partial charge >= 0.3 is 5.97 Å². The van der Waals surface area contributed by atoms with E-state index in [4.69, 9.17) is 5.11 Å². The Labute approximate surface area is 170 Å². The zero-order valence-electron chi connectivity index (χ0n) is 17.5. The van der Waals surface area contributed by atoms with Crippen LogP contribution in [0.3, 0.4) is 0 Å². The Morgan fingerprint density at radius 2 is 1.71 bits per heavy atom. The van der Waals surface area contributed by atoms with Crippen LogP contribution in [0.5, 0.6) is 0 Å². The van der Waals surface area contributed by atoms with E-state index in [0.717, 1.165) is 25.7 Å². The molecule has 1 saturated carbocycles. The molecular weight excluding hydrogens is 356 g/mol. The van der Waals surface area contributed by atoms with Crippen LogP contribution in [-0.4, -0.2) is 39.8 Å². The van der Waals surface area contributed by atoms with Gasteiger partial charge in [-0.05, 0) is 56.3 Å². The molecule has 0 heterocycles. The highest BCUT2D eigenvalue weighted by Gasteiger charge is 2.41. The molecule has 0 aromatic rings.